The van der Waals surface area contributed by atoms with Gasteiger partial charge in [-0.2, -0.15) is 0 Å². The first-order valence-corrected chi connectivity index (χ1v) is 7.17. The molecule has 1 N–H and O–H groups in total. The van der Waals surface area contributed by atoms with Crippen molar-refractivity contribution in [3.63, 3.8) is 0 Å². The molecule has 0 saturated carbocycles. The van der Waals surface area contributed by atoms with Crippen molar-refractivity contribution in [2.75, 3.05) is 45.8 Å². The van der Waals surface area contributed by atoms with Gasteiger partial charge in [-0.1, -0.05) is 22.0 Å². The van der Waals surface area contributed by atoms with Gasteiger partial charge in [-0.05, 0) is 30.4 Å². The fourth-order valence-electron chi connectivity index (χ4n) is 1.49. The quantitative estimate of drug-likeness (QED) is 0.767. The van der Waals surface area contributed by atoms with Crippen molar-refractivity contribution >= 4 is 38.9 Å². The molecule has 6 heteroatoms. The molecule has 0 saturated heterocycles. The number of rotatable bonds is 7. The largest absolute Gasteiger partial charge is 0.383 e. The number of methoxy groups -OCH3 is 2. The lowest BCUT2D eigenvalue weighted by Gasteiger charge is -2.25. The van der Waals surface area contributed by atoms with Gasteiger partial charge in [0, 0.05) is 37.5 Å². The standard InChI is InChI=1S/C13H19BrN2O2S/c1-17-8-6-16(7-9-18-2)13(19)15-12-5-3-4-11(14)10-12/h3-5,10H,6-9H2,1-2H3,(H,15,19). The molecule has 0 aromatic heterocycles. The van der Waals surface area contributed by atoms with Gasteiger partial charge in [0.05, 0.1) is 13.2 Å². The van der Waals surface area contributed by atoms with Gasteiger partial charge in [0.2, 0.25) is 0 Å². The number of nitrogens with zero attached hydrogens (tertiary/aromatic N) is 1. The Hall–Kier alpha value is -0.690. The van der Waals surface area contributed by atoms with Crippen LogP contribution in [-0.2, 0) is 9.47 Å². The van der Waals surface area contributed by atoms with E-state index in [1.165, 1.54) is 0 Å². The lowest BCUT2D eigenvalue weighted by atomic mass is 10.3. The van der Waals surface area contributed by atoms with E-state index in [1.807, 2.05) is 29.2 Å². The zero-order valence-corrected chi connectivity index (χ0v) is 13.6. The molecule has 0 aliphatic rings. The van der Waals surface area contributed by atoms with Crippen LogP contribution in [0.4, 0.5) is 5.69 Å². The minimum absolute atomic E-state index is 0.629. The van der Waals surface area contributed by atoms with Gasteiger partial charge in [0.15, 0.2) is 5.11 Å². The molecule has 106 valence electrons. The number of benzene rings is 1. The number of ether oxygens (including phenoxy) is 2. The van der Waals surface area contributed by atoms with Crippen LogP contribution in [0.25, 0.3) is 0 Å². The lowest BCUT2D eigenvalue weighted by Crippen LogP contribution is -2.39. The van der Waals surface area contributed by atoms with Gasteiger partial charge < -0.3 is 19.7 Å². The summed E-state index contributed by atoms with van der Waals surface area (Å²) in [5.41, 5.74) is 0.958. The molecular weight excluding hydrogens is 328 g/mol. The lowest BCUT2D eigenvalue weighted by molar-refractivity contribution is 0.147. The van der Waals surface area contributed by atoms with Gasteiger partial charge in [-0.25, -0.2) is 0 Å². The van der Waals surface area contributed by atoms with Crippen LogP contribution in [0.2, 0.25) is 0 Å². The SMILES string of the molecule is COCCN(CCOC)C(=S)Nc1cccc(Br)c1. The number of hydrogen-bond acceptors (Lipinski definition) is 3. The highest BCUT2D eigenvalue weighted by atomic mass is 79.9. The number of halogens is 1. The molecule has 0 aliphatic carbocycles. The van der Waals surface area contributed by atoms with E-state index in [2.05, 4.69) is 21.2 Å². The fourth-order valence-corrected chi connectivity index (χ4v) is 2.19. The van der Waals surface area contributed by atoms with E-state index >= 15 is 0 Å². The van der Waals surface area contributed by atoms with Gasteiger partial charge in [0.25, 0.3) is 0 Å². The van der Waals surface area contributed by atoms with Gasteiger partial charge >= 0.3 is 0 Å². The molecule has 0 heterocycles. The monoisotopic (exact) mass is 346 g/mol. The molecule has 0 radical (unpaired) electrons. The van der Waals surface area contributed by atoms with Gasteiger partial charge in [0.1, 0.15) is 0 Å². The number of anilines is 1. The van der Waals surface area contributed by atoms with E-state index in [1.54, 1.807) is 14.2 Å². The molecule has 0 unspecified atom stereocenters. The third-order valence-electron chi connectivity index (χ3n) is 2.49. The number of hydrogen-bond donors (Lipinski definition) is 1. The van der Waals surface area contributed by atoms with Crippen LogP contribution in [-0.4, -0.2) is 50.5 Å². The Bertz CT molecular complexity index is 396. The average molecular weight is 347 g/mol. The summed E-state index contributed by atoms with van der Waals surface area (Å²) in [7, 11) is 3.36. The minimum Gasteiger partial charge on any atom is -0.383 e. The topological polar surface area (TPSA) is 33.7 Å². The van der Waals surface area contributed by atoms with E-state index < -0.39 is 0 Å². The number of nitrogens with one attached hydrogen (secondary N) is 1. The second-order valence-corrected chi connectivity index (χ2v) is 5.22. The summed E-state index contributed by atoms with van der Waals surface area (Å²) in [5, 5.41) is 3.89. The maximum Gasteiger partial charge on any atom is 0.173 e. The molecule has 1 aromatic rings. The Morgan fingerprint density at radius 3 is 2.42 bits per heavy atom. The minimum atomic E-state index is 0.629. The van der Waals surface area contributed by atoms with Crippen molar-refractivity contribution in [3.8, 4) is 0 Å². The van der Waals surface area contributed by atoms with E-state index in [4.69, 9.17) is 21.7 Å². The van der Waals surface area contributed by atoms with Crippen LogP contribution >= 0.6 is 28.1 Å². The van der Waals surface area contributed by atoms with E-state index in [0.717, 1.165) is 23.2 Å². The molecule has 0 spiro atoms. The second kappa shape index (κ2) is 9.25. The Labute approximate surface area is 128 Å². The smallest absolute Gasteiger partial charge is 0.173 e. The highest BCUT2D eigenvalue weighted by Crippen LogP contribution is 2.16. The summed E-state index contributed by atoms with van der Waals surface area (Å²) in [5.74, 6) is 0. The van der Waals surface area contributed by atoms with Crippen LogP contribution in [0, 0.1) is 0 Å². The van der Waals surface area contributed by atoms with Crippen molar-refractivity contribution in [1.82, 2.24) is 4.90 Å². The first-order chi connectivity index (χ1) is 9.17. The molecule has 0 aliphatic heterocycles. The summed E-state index contributed by atoms with van der Waals surface area (Å²) in [4.78, 5) is 2.03. The Morgan fingerprint density at radius 1 is 1.26 bits per heavy atom. The van der Waals surface area contributed by atoms with Crippen molar-refractivity contribution in [1.29, 1.82) is 0 Å². The van der Waals surface area contributed by atoms with Crippen LogP contribution in [0.1, 0.15) is 0 Å². The molecule has 1 aromatic carbocycles. The summed E-state index contributed by atoms with van der Waals surface area (Å²) in [6, 6.07) is 7.89. The van der Waals surface area contributed by atoms with Crippen molar-refractivity contribution < 1.29 is 9.47 Å². The zero-order chi connectivity index (χ0) is 14.1. The molecule has 1 rings (SSSR count). The van der Waals surface area contributed by atoms with Crippen LogP contribution in [0.5, 0.6) is 0 Å². The van der Waals surface area contributed by atoms with Crippen molar-refractivity contribution in [2.45, 2.75) is 0 Å². The van der Waals surface area contributed by atoms with Crippen molar-refractivity contribution in [2.24, 2.45) is 0 Å². The third kappa shape index (κ3) is 6.33. The van der Waals surface area contributed by atoms with E-state index in [-0.39, 0.29) is 0 Å². The van der Waals surface area contributed by atoms with E-state index in [9.17, 15) is 0 Å². The Morgan fingerprint density at radius 2 is 1.89 bits per heavy atom. The zero-order valence-electron chi connectivity index (χ0n) is 11.2. The normalized spacial score (nSPS) is 10.3. The average Bonchev–Trinajstić information content (AvgIpc) is 2.38. The highest BCUT2D eigenvalue weighted by Gasteiger charge is 2.09. The van der Waals surface area contributed by atoms with Crippen LogP contribution < -0.4 is 5.32 Å². The molecule has 0 atom stereocenters. The fraction of sp³-hybridized carbons (Fsp3) is 0.462. The Balaban J connectivity index is 2.59. The molecule has 19 heavy (non-hydrogen) atoms. The van der Waals surface area contributed by atoms with Crippen LogP contribution in [0.3, 0.4) is 0 Å². The first kappa shape index (κ1) is 16.4. The van der Waals surface area contributed by atoms with E-state index in [0.29, 0.717) is 18.3 Å². The van der Waals surface area contributed by atoms with Gasteiger partial charge in [-0.3, -0.25) is 0 Å². The summed E-state index contributed by atoms with van der Waals surface area (Å²) in [6.07, 6.45) is 0. The highest BCUT2D eigenvalue weighted by molar-refractivity contribution is 9.10. The molecule has 0 amide bonds. The summed E-state index contributed by atoms with van der Waals surface area (Å²) < 4.78 is 11.2. The molecular formula is C13H19BrN2O2S. The summed E-state index contributed by atoms with van der Waals surface area (Å²) >= 11 is 8.85. The maximum absolute atomic E-state index is 5.42. The summed E-state index contributed by atoms with van der Waals surface area (Å²) in [6.45, 7) is 2.73. The molecule has 4 nitrogen and oxygen atoms in total. The maximum atomic E-state index is 5.42. The first-order valence-electron chi connectivity index (χ1n) is 5.96. The predicted molar refractivity (Wildman–Crippen MR) is 85.7 cm³/mol. The molecule has 0 bridgehead atoms. The number of thiocarbonyl (C=S) groups is 1. The van der Waals surface area contributed by atoms with Crippen molar-refractivity contribution in [3.05, 3.63) is 28.7 Å². The Kier molecular flexibility index (Phi) is 7.97. The predicted octanol–water partition coefficient (Wildman–Crippen LogP) is 2.74. The second-order valence-electron chi connectivity index (χ2n) is 3.91. The molecule has 0 fully saturated rings. The van der Waals surface area contributed by atoms with Gasteiger partial charge in [-0.15, -0.1) is 0 Å². The third-order valence-corrected chi connectivity index (χ3v) is 3.35. The van der Waals surface area contributed by atoms with Crippen LogP contribution in [0.15, 0.2) is 28.7 Å².